The van der Waals surface area contributed by atoms with Crippen molar-refractivity contribution in [3.63, 3.8) is 0 Å². The van der Waals surface area contributed by atoms with Crippen LogP contribution in [0.25, 0.3) is 0 Å². The Hall–Kier alpha value is -0.930. The van der Waals surface area contributed by atoms with Crippen molar-refractivity contribution in [2.24, 2.45) is 5.73 Å². The molecule has 0 radical (unpaired) electrons. The molecule has 0 aliphatic rings. The zero-order chi connectivity index (χ0) is 14.8. The first-order chi connectivity index (χ1) is 9.66. The number of nitrogens with zero attached hydrogens (tertiary/aromatic N) is 2. The Morgan fingerprint density at radius 2 is 1.85 bits per heavy atom. The first-order valence-corrected chi connectivity index (χ1v) is 8.00. The Balaban J connectivity index is 2.62. The van der Waals surface area contributed by atoms with Crippen molar-refractivity contribution in [1.82, 2.24) is 9.88 Å². The molecule has 0 spiro atoms. The Bertz CT molecular complexity index is 353. The van der Waals surface area contributed by atoms with Gasteiger partial charge in [0.15, 0.2) is 0 Å². The van der Waals surface area contributed by atoms with Crippen molar-refractivity contribution in [3.05, 3.63) is 30.1 Å². The first-order valence-electron chi connectivity index (χ1n) is 8.00. The van der Waals surface area contributed by atoms with Crippen LogP contribution in [-0.2, 0) is 6.54 Å². The van der Waals surface area contributed by atoms with Crippen molar-refractivity contribution >= 4 is 0 Å². The lowest BCUT2D eigenvalue weighted by Gasteiger charge is -2.40. The maximum Gasteiger partial charge on any atom is 0.0307 e. The van der Waals surface area contributed by atoms with Crippen LogP contribution in [-0.4, -0.2) is 28.5 Å². The summed E-state index contributed by atoms with van der Waals surface area (Å²) in [6.45, 7) is 9.50. The Morgan fingerprint density at radius 3 is 2.40 bits per heavy atom. The molecular formula is C17H31N3. The minimum absolute atomic E-state index is 0.103. The van der Waals surface area contributed by atoms with E-state index in [0.717, 1.165) is 19.6 Å². The second kappa shape index (κ2) is 9.09. The summed E-state index contributed by atoms with van der Waals surface area (Å²) >= 11 is 0. The maximum absolute atomic E-state index is 6.10. The zero-order valence-electron chi connectivity index (χ0n) is 13.4. The molecule has 0 aliphatic heterocycles. The molecular weight excluding hydrogens is 246 g/mol. The molecule has 1 atom stereocenters. The van der Waals surface area contributed by atoms with Crippen molar-refractivity contribution in [1.29, 1.82) is 0 Å². The van der Waals surface area contributed by atoms with Crippen LogP contribution in [0.1, 0.15) is 58.4 Å². The summed E-state index contributed by atoms with van der Waals surface area (Å²) in [7, 11) is 0. The van der Waals surface area contributed by atoms with Crippen molar-refractivity contribution in [2.45, 2.75) is 65.0 Å². The SMILES string of the molecule is CCCCCCC(C)(CN)N(CC)Cc1ccncc1. The molecule has 1 aromatic rings. The minimum atomic E-state index is 0.103. The van der Waals surface area contributed by atoms with E-state index in [1.165, 1.54) is 37.7 Å². The minimum Gasteiger partial charge on any atom is -0.329 e. The van der Waals surface area contributed by atoms with Crippen LogP contribution >= 0.6 is 0 Å². The summed E-state index contributed by atoms with van der Waals surface area (Å²) in [6.07, 6.45) is 10.1. The van der Waals surface area contributed by atoms with Crippen LogP contribution in [0.4, 0.5) is 0 Å². The highest BCUT2D eigenvalue weighted by Gasteiger charge is 2.28. The number of aromatic nitrogens is 1. The van der Waals surface area contributed by atoms with Crippen LogP contribution in [0.5, 0.6) is 0 Å². The number of rotatable bonds is 10. The fraction of sp³-hybridized carbons (Fsp3) is 0.706. The third-order valence-corrected chi connectivity index (χ3v) is 4.28. The predicted molar refractivity (Wildman–Crippen MR) is 86.5 cm³/mol. The molecule has 0 amide bonds. The summed E-state index contributed by atoms with van der Waals surface area (Å²) in [5, 5.41) is 0. The molecule has 0 saturated carbocycles. The smallest absolute Gasteiger partial charge is 0.0307 e. The van der Waals surface area contributed by atoms with Gasteiger partial charge in [0.1, 0.15) is 0 Å². The van der Waals surface area contributed by atoms with E-state index in [0.29, 0.717) is 0 Å². The van der Waals surface area contributed by atoms with Crippen LogP contribution in [0.2, 0.25) is 0 Å². The summed E-state index contributed by atoms with van der Waals surface area (Å²) in [5.41, 5.74) is 7.52. The second-order valence-corrected chi connectivity index (χ2v) is 5.88. The van der Waals surface area contributed by atoms with Gasteiger partial charge in [-0.3, -0.25) is 9.88 Å². The van der Waals surface area contributed by atoms with E-state index in [-0.39, 0.29) is 5.54 Å². The van der Waals surface area contributed by atoms with E-state index in [1.54, 1.807) is 0 Å². The quantitative estimate of drug-likeness (QED) is 0.665. The largest absolute Gasteiger partial charge is 0.329 e. The molecule has 0 aliphatic carbocycles. The average Bonchev–Trinajstić information content (AvgIpc) is 2.50. The van der Waals surface area contributed by atoms with Gasteiger partial charge < -0.3 is 5.73 Å². The number of nitrogens with two attached hydrogens (primary N) is 1. The summed E-state index contributed by atoms with van der Waals surface area (Å²) < 4.78 is 0. The molecule has 1 heterocycles. The van der Waals surface area contributed by atoms with Crippen molar-refractivity contribution < 1.29 is 0 Å². The predicted octanol–water partition coefficient (Wildman–Crippen LogP) is 3.59. The van der Waals surface area contributed by atoms with Gasteiger partial charge in [-0.15, -0.1) is 0 Å². The van der Waals surface area contributed by atoms with E-state index in [2.05, 4.69) is 42.8 Å². The molecule has 1 aromatic heterocycles. The van der Waals surface area contributed by atoms with Gasteiger partial charge in [0.2, 0.25) is 0 Å². The highest BCUT2D eigenvalue weighted by Crippen LogP contribution is 2.24. The number of likely N-dealkylation sites (N-methyl/N-ethyl adjacent to an activating group) is 1. The molecule has 0 fully saturated rings. The lowest BCUT2D eigenvalue weighted by atomic mass is 9.91. The molecule has 2 N–H and O–H groups in total. The third-order valence-electron chi connectivity index (χ3n) is 4.28. The van der Waals surface area contributed by atoms with Crippen LogP contribution in [0, 0.1) is 0 Å². The Kier molecular flexibility index (Phi) is 7.78. The highest BCUT2D eigenvalue weighted by atomic mass is 15.2. The van der Waals surface area contributed by atoms with Crippen LogP contribution in [0.15, 0.2) is 24.5 Å². The number of hydrogen-bond donors (Lipinski definition) is 1. The topological polar surface area (TPSA) is 42.1 Å². The van der Waals surface area contributed by atoms with Gasteiger partial charge in [-0.05, 0) is 37.6 Å². The summed E-state index contributed by atoms with van der Waals surface area (Å²) in [6, 6.07) is 4.19. The molecule has 0 saturated heterocycles. The van der Waals surface area contributed by atoms with E-state index in [9.17, 15) is 0 Å². The van der Waals surface area contributed by atoms with Crippen LogP contribution in [0.3, 0.4) is 0 Å². The van der Waals surface area contributed by atoms with E-state index in [1.807, 2.05) is 12.4 Å². The Morgan fingerprint density at radius 1 is 1.15 bits per heavy atom. The molecule has 0 bridgehead atoms. The Labute approximate surface area is 124 Å². The molecule has 114 valence electrons. The van der Waals surface area contributed by atoms with Gasteiger partial charge in [-0.25, -0.2) is 0 Å². The highest BCUT2D eigenvalue weighted by molar-refractivity contribution is 5.10. The van der Waals surface area contributed by atoms with Gasteiger partial charge in [-0.2, -0.15) is 0 Å². The molecule has 1 unspecified atom stereocenters. The molecule has 3 nitrogen and oxygen atoms in total. The third kappa shape index (κ3) is 5.22. The number of hydrogen-bond acceptors (Lipinski definition) is 3. The van der Waals surface area contributed by atoms with Crippen molar-refractivity contribution in [2.75, 3.05) is 13.1 Å². The standard InChI is InChI=1S/C17H31N3/c1-4-6-7-8-11-17(3,15-18)20(5-2)14-16-9-12-19-13-10-16/h9-10,12-13H,4-8,11,14-15,18H2,1-3H3. The number of pyridine rings is 1. The van der Waals surface area contributed by atoms with Gasteiger partial charge in [-0.1, -0.05) is 39.5 Å². The van der Waals surface area contributed by atoms with Gasteiger partial charge in [0, 0.05) is 31.0 Å². The normalized spacial score (nSPS) is 14.4. The van der Waals surface area contributed by atoms with E-state index in [4.69, 9.17) is 5.73 Å². The van der Waals surface area contributed by atoms with Crippen molar-refractivity contribution in [3.8, 4) is 0 Å². The van der Waals surface area contributed by atoms with E-state index < -0.39 is 0 Å². The van der Waals surface area contributed by atoms with Crippen LogP contribution < -0.4 is 5.73 Å². The molecule has 3 heteroatoms. The van der Waals surface area contributed by atoms with Gasteiger partial charge >= 0.3 is 0 Å². The molecule has 20 heavy (non-hydrogen) atoms. The fourth-order valence-corrected chi connectivity index (χ4v) is 2.71. The fourth-order valence-electron chi connectivity index (χ4n) is 2.71. The second-order valence-electron chi connectivity index (χ2n) is 5.88. The summed E-state index contributed by atoms with van der Waals surface area (Å²) in [4.78, 5) is 6.60. The monoisotopic (exact) mass is 277 g/mol. The molecule has 0 aromatic carbocycles. The maximum atomic E-state index is 6.10. The summed E-state index contributed by atoms with van der Waals surface area (Å²) in [5.74, 6) is 0. The lowest BCUT2D eigenvalue weighted by molar-refractivity contribution is 0.0964. The molecule has 1 rings (SSSR count). The lowest BCUT2D eigenvalue weighted by Crippen LogP contribution is -2.51. The first kappa shape index (κ1) is 17.1. The van der Waals surface area contributed by atoms with Gasteiger partial charge in [0.05, 0.1) is 0 Å². The zero-order valence-corrected chi connectivity index (χ0v) is 13.4. The van der Waals surface area contributed by atoms with E-state index >= 15 is 0 Å². The van der Waals surface area contributed by atoms with Gasteiger partial charge in [0.25, 0.3) is 0 Å². The number of unbranched alkanes of at least 4 members (excludes halogenated alkanes) is 3. The average molecular weight is 277 g/mol.